The molecule has 4 nitrogen and oxygen atoms in total. The Kier molecular flexibility index (Phi) is 4.22. The van der Waals surface area contributed by atoms with Crippen molar-refractivity contribution in [3.05, 3.63) is 36.2 Å². The van der Waals surface area contributed by atoms with Crippen molar-refractivity contribution in [2.75, 3.05) is 0 Å². The average Bonchev–Trinajstić information content (AvgIpc) is 2.77. The minimum absolute atomic E-state index is 0.169. The Labute approximate surface area is 115 Å². The van der Waals surface area contributed by atoms with Gasteiger partial charge in [0, 0.05) is 17.8 Å². The van der Waals surface area contributed by atoms with Crippen LogP contribution in [0.15, 0.2) is 30.6 Å². The van der Waals surface area contributed by atoms with E-state index in [1.807, 2.05) is 29.0 Å². The molecule has 1 unspecified atom stereocenters. The summed E-state index contributed by atoms with van der Waals surface area (Å²) in [6, 6.07) is 6.26. The van der Waals surface area contributed by atoms with E-state index in [9.17, 15) is 0 Å². The number of nitrogens with zero attached hydrogens (tertiary/aromatic N) is 2. The van der Waals surface area contributed by atoms with Crippen molar-refractivity contribution in [1.82, 2.24) is 15.0 Å². The highest BCUT2D eigenvalue weighted by Gasteiger charge is 2.16. The third kappa shape index (κ3) is 3.55. The molecule has 19 heavy (non-hydrogen) atoms. The largest absolute Gasteiger partial charge is 0.271 e. The molecular weight excluding hydrogens is 236 g/mol. The van der Waals surface area contributed by atoms with Crippen LogP contribution in [0.2, 0.25) is 0 Å². The second-order valence-corrected chi connectivity index (χ2v) is 6.30. The number of hydrazine groups is 1. The SMILES string of the molecule is CC(C)(C)CCCC(NN)c1cnn2ccccc12. The third-order valence-electron chi connectivity index (χ3n) is 3.45. The lowest BCUT2D eigenvalue weighted by molar-refractivity contribution is 0.345. The van der Waals surface area contributed by atoms with E-state index in [0.717, 1.165) is 18.4 Å². The maximum atomic E-state index is 5.72. The van der Waals surface area contributed by atoms with Crippen molar-refractivity contribution in [1.29, 1.82) is 0 Å². The fraction of sp³-hybridized carbons (Fsp3) is 0.533. The van der Waals surface area contributed by atoms with Gasteiger partial charge in [-0.15, -0.1) is 0 Å². The summed E-state index contributed by atoms with van der Waals surface area (Å²) < 4.78 is 1.89. The normalized spacial score (nSPS) is 13.9. The first-order chi connectivity index (χ1) is 9.01. The summed E-state index contributed by atoms with van der Waals surface area (Å²) in [7, 11) is 0. The minimum atomic E-state index is 0.169. The van der Waals surface area contributed by atoms with E-state index in [4.69, 9.17) is 5.84 Å². The van der Waals surface area contributed by atoms with Gasteiger partial charge >= 0.3 is 0 Å². The van der Waals surface area contributed by atoms with Crippen LogP contribution in [0, 0.1) is 5.41 Å². The Morgan fingerprint density at radius 2 is 2.16 bits per heavy atom. The molecule has 4 heteroatoms. The third-order valence-corrected chi connectivity index (χ3v) is 3.45. The van der Waals surface area contributed by atoms with E-state index in [-0.39, 0.29) is 6.04 Å². The van der Waals surface area contributed by atoms with Crippen LogP contribution in [0.3, 0.4) is 0 Å². The zero-order valence-electron chi connectivity index (χ0n) is 12.1. The first-order valence-electron chi connectivity index (χ1n) is 6.90. The van der Waals surface area contributed by atoms with E-state index in [2.05, 4.69) is 37.4 Å². The Bertz CT molecular complexity index is 524. The van der Waals surface area contributed by atoms with Crippen molar-refractivity contribution >= 4 is 5.52 Å². The van der Waals surface area contributed by atoms with E-state index < -0.39 is 0 Å². The predicted octanol–water partition coefficient (Wildman–Crippen LogP) is 3.06. The molecular formula is C15H24N4. The first kappa shape index (κ1) is 14.0. The van der Waals surface area contributed by atoms with Gasteiger partial charge in [0.25, 0.3) is 0 Å². The van der Waals surface area contributed by atoms with Gasteiger partial charge in [-0.2, -0.15) is 5.10 Å². The zero-order valence-corrected chi connectivity index (χ0v) is 12.1. The van der Waals surface area contributed by atoms with Gasteiger partial charge in [-0.3, -0.25) is 11.3 Å². The monoisotopic (exact) mass is 260 g/mol. The quantitative estimate of drug-likeness (QED) is 0.641. The highest BCUT2D eigenvalue weighted by Crippen LogP contribution is 2.27. The Hall–Kier alpha value is -1.39. The lowest BCUT2D eigenvalue weighted by Crippen LogP contribution is -2.28. The smallest absolute Gasteiger partial charge is 0.0709 e. The summed E-state index contributed by atoms with van der Waals surface area (Å²) >= 11 is 0. The number of pyridine rings is 1. The standard InChI is InChI=1S/C15H24N4/c1-15(2,3)9-6-7-13(18-16)12-11-17-19-10-5-4-8-14(12)19/h4-5,8,10-11,13,18H,6-7,9,16H2,1-3H3. The number of nitrogens with one attached hydrogen (secondary N) is 1. The Morgan fingerprint density at radius 1 is 1.37 bits per heavy atom. The molecule has 0 aliphatic rings. The van der Waals surface area contributed by atoms with Crippen molar-refractivity contribution in [2.45, 2.75) is 46.1 Å². The second-order valence-electron chi connectivity index (χ2n) is 6.30. The number of hydrogen-bond acceptors (Lipinski definition) is 3. The molecule has 0 aromatic carbocycles. The molecule has 0 fully saturated rings. The summed E-state index contributed by atoms with van der Waals surface area (Å²) in [5.74, 6) is 5.72. The van der Waals surface area contributed by atoms with Crippen LogP contribution in [0.4, 0.5) is 0 Å². The van der Waals surface area contributed by atoms with Crippen LogP contribution in [-0.4, -0.2) is 9.61 Å². The van der Waals surface area contributed by atoms with Crippen LogP contribution in [0.1, 0.15) is 51.6 Å². The van der Waals surface area contributed by atoms with E-state index in [0.29, 0.717) is 5.41 Å². The summed E-state index contributed by atoms with van der Waals surface area (Å²) in [6.45, 7) is 6.81. The maximum absolute atomic E-state index is 5.72. The lowest BCUT2D eigenvalue weighted by Gasteiger charge is -2.20. The van der Waals surface area contributed by atoms with E-state index in [1.54, 1.807) is 0 Å². The van der Waals surface area contributed by atoms with Gasteiger partial charge in [0.1, 0.15) is 0 Å². The number of rotatable bonds is 5. The molecule has 0 saturated carbocycles. The highest BCUT2D eigenvalue weighted by atomic mass is 15.3. The number of hydrogen-bond donors (Lipinski definition) is 2. The first-order valence-corrected chi connectivity index (χ1v) is 6.90. The topological polar surface area (TPSA) is 55.3 Å². The molecule has 2 rings (SSSR count). The van der Waals surface area contributed by atoms with Gasteiger partial charge < -0.3 is 0 Å². The van der Waals surface area contributed by atoms with Gasteiger partial charge in [-0.05, 0) is 30.4 Å². The van der Waals surface area contributed by atoms with Gasteiger partial charge in [0.05, 0.1) is 11.7 Å². The number of aromatic nitrogens is 2. The summed E-state index contributed by atoms with van der Waals surface area (Å²) in [4.78, 5) is 0. The minimum Gasteiger partial charge on any atom is -0.271 e. The molecule has 1 atom stereocenters. The summed E-state index contributed by atoms with van der Waals surface area (Å²) in [6.07, 6.45) is 7.26. The van der Waals surface area contributed by atoms with Crippen molar-refractivity contribution in [3.8, 4) is 0 Å². The molecule has 2 aromatic heterocycles. The van der Waals surface area contributed by atoms with Crippen molar-refractivity contribution in [2.24, 2.45) is 11.3 Å². The van der Waals surface area contributed by atoms with Crippen LogP contribution in [0.5, 0.6) is 0 Å². The molecule has 3 N–H and O–H groups in total. The molecule has 2 heterocycles. The van der Waals surface area contributed by atoms with Crippen molar-refractivity contribution in [3.63, 3.8) is 0 Å². The maximum Gasteiger partial charge on any atom is 0.0709 e. The van der Waals surface area contributed by atoms with Gasteiger partial charge in [-0.1, -0.05) is 33.3 Å². The van der Waals surface area contributed by atoms with E-state index >= 15 is 0 Å². The molecule has 104 valence electrons. The predicted molar refractivity (Wildman–Crippen MR) is 78.6 cm³/mol. The molecule has 0 spiro atoms. The number of fused-ring (bicyclic) bond motifs is 1. The summed E-state index contributed by atoms with van der Waals surface area (Å²) in [5, 5.41) is 4.37. The molecule has 0 aliphatic carbocycles. The van der Waals surface area contributed by atoms with Gasteiger partial charge in [-0.25, -0.2) is 4.52 Å². The highest BCUT2D eigenvalue weighted by molar-refractivity contribution is 5.54. The van der Waals surface area contributed by atoms with Crippen LogP contribution < -0.4 is 11.3 Å². The molecule has 0 radical (unpaired) electrons. The number of nitrogens with two attached hydrogens (primary N) is 1. The van der Waals surface area contributed by atoms with Gasteiger partial charge in [0.2, 0.25) is 0 Å². The molecule has 0 aliphatic heterocycles. The van der Waals surface area contributed by atoms with E-state index in [1.165, 1.54) is 12.0 Å². The van der Waals surface area contributed by atoms with Gasteiger partial charge in [0.15, 0.2) is 0 Å². The Balaban J connectivity index is 2.09. The Morgan fingerprint density at radius 3 is 2.84 bits per heavy atom. The fourth-order valence-electron chi connectivity index (χ4n) is 2.39. The molecule has 0 saturated heterocycles. The molecule has 0 bridgehead atoms. The molecule has 2 aromatic rings. The fourth-order valence-corrected chi connectivity index (χ4v) is 2.39. The van der Waals surface area contributed by atoms with Crippen LogP contribution >= 0.6 is 0 Å². The average molecular weight is 260 g/mol. The zero-order chi connectivity index (χ0) is 13.9. The van der Waals surface area contributed by atoms with Crippen LogP contribution in [-0.2, 0) is 0 Å². The lowest BCUT2D eigenvalue weighted by atomic mass is 9.88. The summed E-state index contributed by atoms with van der Waals surface area (Å²) in [5.41, 5.74) is 5.61. The molecule has 0 amide bonds. The van der Waals surface area contributed by atoms with Crippen LogP contribution in [0.25, 0.3) is 5.52 Å². The van der Waals surface area contributed by atoms with Crippen molar-refractivity contribution < 1.29 is 0 Å². The second kappa shape index (κ2) is 5.72.